The molecule has 0 atom stereocenters. The molecule has 4 rings (SSSR count). The lowest BCUT2D eigenvalue weighted by Gasteiger charge is -2.21. The Kier molecular flexibility index (Phi) is 8.22. The zero-order chi connectivity index (χ0) is 24.1. The number of anilines is 1. The van der Waals surface area contributed by atoms with Crippen LogP contribution in [0.15, 0.2) is 81.4 Å². The zero-order valence-corrected chi connectivity index (χ0v) is 21.5. The number of para-hydroxylation sites is 1. The molecule has 178 valence electrons. The molecule has 0 aliphatic carbocycles. The summed E-state index contributed by atoms with van der Waals surface area (Å²) in [6, 6.07) is 19.2. The van der Waals surface area contributed by atoms with Crippen molar-refractivity contribution in [1.29, 1.82) is 0 Å². The molecule has 1 saturated heterocycles. The van der Waals surface area contributed by atoms with Crippen LogP contribution in [0.1, 0.15) is 36.0 Å². The maximum atomic E-state index is 13.3. The first-order chi connectivity index (χ1) is 16.3. The fourth-order valence-corrected chi connectivity index (χ4v) is 6.79. The van der Waals surface area contributed by atoms with E-state index in [4.69, 9.17) is 23.2 Å². The van der Waals surface area contributed by atoms with E-state index in [-0.39, 0.29) is 15.5 Å². The van der Waals surface area contributed by atoms with Gasteiger partial charge in [-0.25, -0.2) is 8.42 Å². The Morgan fingerprint density at radius 2 is 1.56 bits per heavy atom. The maximum absolute atomic E-state index is 13.3. The van der Waals surface area contributed by atoms with Crippen molar-refractivity contribution in [3.63, 3.8) is 0 Å². The SMILES string of the molecule is O=C(Nc1ccccc1Sc1ccc(Cl)cc1)c1ccc(Cl)c(S(=O)(=O)N2CCCCCC2)c1. The molecule has 3 aromatic carbocycles. The second kappa shape index (κ2) is 11.1. The summed E-state index contributed by atoms with van der Waals surface area (Å²) in [6.45, 7) is 0.925. The number of hydrogen-bond acceptors (Lipinski definition) is 4. The molecule has 0 radical (unpaired) electrons. The number of rotatable bonds is 6. The smallest absolute Gasteiger partial charge is 0.255 e. The van der Waals surface area contributed by atoms with E-state index in [1.807, 2.05) is 42.5 Å². The molecule has 1 aliphatic rings. The predicted molar refractivity (Wildman–Crippen MR) is 139 cm³/mol. The summed E-state index contributed by atoms with van der Waals surface area (Å²) in [7, 11) is -3.79. The Hall–Kier alpha value is -2.03. The van der Waals surface area contributed by atoms with E-state index >= 15 is 0 Å². The number of benzene rings is 3. The van der Waals surface area contributed by atoms with Crippen molar-refractivity contribution in [2.45, 2.75) is 40.4 Å². The van der Waals surface area contributed by atoms with Crippen molar-refractivity contribution in [3.05, 3.63) is 82.3 Å². The Bertz CT molecular complexity index is 1270. The van der Waals surface area contributed by atoms with E-state index in [9.17, 15) is 13.2 Å². The molecular weight excluding hydrogens is 511 g/mol. The van der Waals surface area contributed by atoms with Gasteiger partial charge in [0.05, 0.1) is 10.7 Å². The van der Waals surface area contributed by atoms with Gasteiger partial charge < -0.3 is 5.32 Å². The summed E-state index contributed by atoms with van der Waals surface area (Å²) in [4.78, 5) is 14.9. The fraction of sp³-hybridized carbons (Fsp3) is 0.240. The van der Waals surface area contributed by atoms with Crippen LogP contribution in [-0.4, -0.2) is 31.7 Å². The molecule has 0 unspecified atom stereocenters. The van der Waals surface area contributed by atoms with Gasteiger partial charge in [0.1, 0.15) is 4.90 Å². The third-order valence-corrected chi connectivity index (χ3v) is 9.27. The average Bonchev–Trinajstić information content (AvgIpc) is 3.12. The molecule has 1 amide bonds. The minimum Gasteiger partial charge on any atom is -0.321 e. The van der Waals surface area contributed by atoms with Crippen molar-refractivity contribution in [3.8, 4) is 0 Å². The van der Waals surface area contributed by atoms with Crippen LogP contribution in [0.4, 0.5) is 5.69 Å². The van der Waals surface area contributed by atoms with Crippen LogP contribution >= 0.6 is 35.0 Å². The van der Waals surface area contributed by atoms with Crippen molar-refractivity contribution in [2.24, 2.45) is 0 Å². The number of nitrogens with one attached hydrogen (secondary N) is 1. The summed E-state index contributed by atoms with van der Waals surface area (Å²) >= 11 is 13.8. The van der Waals surface area contributed by atoms with Gasteiger partial charge in [-0.05, 0) is 67.4 Å². The largest absolute Gasteiger partial charge is 0.321 e. The van der Waals surface area contributed by atoms with Crippen molar-refractivity contribution < 1.29 is 13.2 Å². The minimum atomic E-state index is -3.79. The highest BCUT2D eigenvalue weighted by atomic mass is 35.5. The van der Waals surface area contributed by atoms with Crippen LogP contribution in [-0.2, 0) is 10.0 Å². The molecule has 0 bridgehead atoms. The highest BCUT2D eigenvalue weighted by Crippen LogP contribution is 2.34. The van der Waals surface area contributed by atoms with Gasteiger partial charge in [-0.15, -0.1) is 0 Å². The molecule has 5 nitrogen and oxygen atoms in total. The number of nitrogens with zero attached hydrogens (tertiary/aromatic N) is 1. The Morgan fingerprint density at radius 3 is 2.26 bits per heavy atom. The molecule has 1 N–H and O–H groups in total. The van der Waals surface area contributed by atoms with E-state index < -0.39 is 15.9 Å². The van der Waals surface area contributed by atoms with Gasteiger partial charge >= 0.3 is 0 Å². The number of sulfonamides is 1. The maximum Gasteiger partial charge on any atom is 0.255 e. The van der Waals surface area contributed by atoms with Gasteiger partial charge in [0.2, 0.25) is 10.0 Å². The van der Waals surface area contributed by atoms with Gasteiger partial charge in [0.25, 0.3) is 5.91 Å². The van der Waals surface area contributed by atoms with E-state index in [1.165, 1.54) is 34.3 Å². The summed E-state index contributed by atoms with van der Waals surface area (Å²) in [6.07, 6.45) is 3.66. The third kappa shape index (κ3) is 5.96. The molecule has 0 spiro atoms. The van der Waals surface area contributed by atoms with Crippen LogP contribution in [0, 0.1) is 0 Å². The van der Waals surface area contributed by atoms with Gasteiger partial charge in [0.15, 0.2) is 0 Å². The van der Waals surface area contributed by atoms with E-state index in [2.05, 4.69) is 5.32 Å². The Labute approximate surface area is 214 Å². The zero-order valence-electron chi connectivity index (χ0n) is 18.3. The lowest BCUT2D eigenvalue weighted by molar-refractivity contribution is 0.102. The van der Waals surface area contributed by atoms with Crippen LogP contribution < -0.4 is 5.32 Å². The fourth-order valence-electron chi connectivity index (χ4n) is 3.75. The highest BCUT2D eigenvalue weighted by Gasteiger charge is 2.28. The molecule has 34 heavy (non-hydrogen) atoms. The molecule has 1 aliphatic heterocycles. The summed E-state index contributed by atoms with van der Waals surface area (Å²) < 4.78 is 28.0. The number of hydrogen-bond donors (Lipinski definition) is 1. The number of carbonyl (C=O) groups is 1. The Morgan fingerprint density at radius 1 is 0.882 bits per heavy atom. The lowest BCUT2D eigenvalue weighted by Crippen LogP contribution is -2.32. The van der Waals surface area contributed by atoms with E-state index in [1.54, 1.807) is 6.07 Å². The topological polar surface area (TPSA) is 66.5 Å². The molecular formula is C25H24Cl2N2O3S2. The summed E-state index contributed by atoms with van der Waals surface area (Å²) in [5.74, 6) is -0.409. The molecule has 9 heteroatoms. The van der Waals surface area contributed by atoms with Crippen LogP contribution in [0.2, 0.25) is 10.0 Å². The van der Waals surface area contributed by atoms with E-state index in [0.29, 0.717) is 23.8 Å². The van der Waals surface area contributed by atoms with Gasteiger partial charge in [-0.1, -0.05) is 59.9 Å². The minimum absolute atomic E-state index is 0.0347. The number of halogens is 2. The van der Waals surface area contributed by atoms with Crippen LogP contribution in [0.3, 0.4) is 0 Å². The molecule has 3 aromatic rings. The first-order valence-corrected chi connectivity index (χ1v) is 14.0. The van der Waals surface area contributed by atoms with Crippen molar-refractivity contribution >= 4 is 56.6 Å². The summed E-state index contributed by atoms with van der Waals surface area (Å²) in [5, 5.41) is 3.67. The lowest BCUT2D eigenvalue weighted by atomic mass is 10.2. The average molecular weight is 536 g/mol. The van der Waals surface area contributed by atoms with E-state index in [0.717, 1.165) is 35.5 Å². The van der Waals surface area contributed by atoms with Gasteiger partial charge in [-0.2, -0.15) is 4.31 Å². The van der Waals surface area contributed by atoms with Gasteiger partial charge in [0, 0.05) is 33.5 Å². The van der Waals surface area contributed by atoms with Gasteiger partial charge in [-0.3, -0.25) is 4.79 Å². The molecule has 0 saturated carbocycles. The first kappa shape index (κ1) is 25.1. The molecule has 1 heterocycles. The van der Waals surface area contributed by atoms with Crippen molar-refractivity contribution in [1.82, 2.24) is 4.31 Å². The van der Waals surface area contributed by atoms with Crippen molar-refractivity contribution in [2.75, 3.05) is 18.4 Å². The predicted octanol–water partition coefficient (Wildman–Crippen LogP) is 6.96. The monoisotopic (exact) mass is 534 g/mol. The standard InChI is InChI=1S/C25H24Cl2N2O3S2/c26-19-10-12-20(13-11-19)33-23-8-4-3-7-22(23)28-25(30)18-9-14-21(27)24(17-18)34(31,32)29-15-5-1-2-6-16-29/h3-4,7-14,17H,1-2,5-6,15-16H2,(H,28,30). The summed E-state index contributed by atoms with van der Waals surface area (Å²) in [5.41, 5.74) is 0.850. The van der Waals surface area contributed by atoms with Crippen LogP contribution in [0.25, 0.3) is 0 Å². The number of carbonyl (C=O) groups excluding carboxylic acids is 1. The quantitative estimate of drug-likeness (QED) is 0.371. The first-order valence-electron chi connectivity index (χ1n) is 11.0. The van der Waals surface area contributed by atoms with Crippen LogP contribution in [0.5, 0.6) is 0 Å². The molecule has 0 aromatic heterocycles. The Balaban J connectivity index is 1.57. The molecule has 1 fully saturated rings. The number of amides is 1. The second-order valence-electron chi connectivity index (χ2n) is 7.97. The highest BCUT2D eigenvalue weighted by molar-refractivity contribution is 7.99. The normalized spacial score (nSPS) is 15.0. The second-order valence-corrected chi connectivity index (χ2v) is 11.8. The third-order valence-electron chi connectivity index (χ3n) is 5.55.